The Morgan fingerprint density at radius 3 is 2.55 bits per heavy atom. The number of hydrogen-bond donors (Lipinski definition) is 2. The van der Waals surface area contributed by atoms with E-state index in [4.69, 9.17) is 5.11 Å². The Labute approximate surface area is 128 Å². The van der Waals surface area contributed by atoms with Crippen molar-refractivity contribution in [3.63, 3.8) is 0 Å². The topological polar surface area (TPSA) is 79.3 Å². The van der Waals surface area contributed by atoms with Gasteiger partial charge in [0.15, 0.2) is 0 Å². The maximum Gasteiger partial charge on any atom is 0.306 e. The summed E-state index contributed by atoms with van der Waals surface area (Å²) in [5, 5.41) is 13.8. The Kier molecular flexibility index (Phi) is 4.04. The van der Waals surface area contributed by atoms with Gasteiger partial charge in [0, 0.05) is 17.6 Å². The summed E-state index contributed by atoms with van der Waals surface area (Å²) in [5.74, 6) is -1.19. The van der Waals surface area contributed by atoms with Gasteiger partial charge in [-0.15, -0.1) is 0 Å². The number of rotatable bonds is 3. The number of carbonyl (C=O) groups is 2. The summed E-state index contributed by atoms with van der Waals surface area (Å²) in [6, 6.07) is 9.56. The van der Waals surface area contributed by atoms with Gasteiger partial charge in [-0.2, -0.15) is 0 Å². The molecule has 22 heavy (non-hydrogen) atoms. The van der Waals surface area contributed by atoms with Crippen molar-refractivity contribution in [2.75, 3.05) is 0 Å². The zero-order valence-corrected chi connectivity index (χ0v) is 12.2. The molecule has 114 valence electrons. The van der Waals surface area contributed by atoms with Crippen LogP contribution in [-0.2, 0) is 4.79 Å². The van der Waals surface area contributed by atoms with E-state index in [0.717, 1.165) is 10.8 Å². The van der Waals surface area contributed by atoms with E-state index in [1.54, 1.807) is 6.20 Å². The first-order valence-corrected chi connectivity index (χ1v) is 7.52. The third kappa shape index (κ3) is 2.93. The Morgan fingerprint density at radius 1 is 1.09 bits per heavy atom. The smallest absolute Gasteiger partial charge is 0.306 e. The number of benzene rings is 1. The lowest BCUT2D eigenvalue weighted by molar-refractivity contribution is -0.142. The number of carbonyl (C=O) groups excluding carboxylic acids is 1. The SMILES string of the molecule is O=C(NC1CCC(C(=O)O)CC1)c1nccc2ccccc12. The van der Waals surface area contributed by atoms with Crippen molar-refractivity contribution < 1.29 is 14.7 Å². The average Bonchev–Trinajstić information content (AvgIpc) is 2.54. The number of nitrogens with zero attached hydrogens (tertiary/aromatic N) is 1. The molecule has 1 fully saturated rings. The predicted molar refractivity (Wildman–Crippen MR) is 82.6 cm³/mol. The van der Waals surface area contributed by atoms with Crippen LogP contribution in [0, 0.1) is 5.92 Å². The van der Waals surface area contributed by atoms with Crippen LogP contribution in [0.5, 0.6) is 0 Å². The maximum atomic E-state index is 12.5. The van der Waals surface area contributed by atoms with Gasteiger partial charge in [0.1, 0.15) is 5.69 Å². The Hall–Kier alpha value is -2.43. The second-order valence-corrected chi connectivity index (χ2v) is 5.74. The van der Waals surface area contributed by atoms with Gasteiger partial charge in [-0.25, -0.2) is 0 Å². The summed E-state index contributed by atoms with van der Waals surface area (Å²) in [5.41, 5.74) is 0.429. The highest BCUT2D eigenvalue weighted by Crippen LogP contribution is 2.25. The van der Waals surface area contributed by atoms with Crippen molar-refractivity contribution in [2.24, 2.45) is 5.92 Å². The fourth-order valence-corrected chi connectivity index (χ4v) is 3.04. The molecule has 1 aliphatic carbocycles. The molecule has 0 saturated heterocycles. The van der Waals surface area contributed by atoms with Gasteiger partial charge < -0.3 is 10.4 Å². The lowest BCUT2D eigenvalue weighted by Crippen LogP contribution is -2.39. The second kappa shape index (κ2) is 6.13. The third-order valence-corrected chi connectivity index (χ3v) is 4.30. The number of carboxylic acids is 1. The van der Waals surface area contributed by atoms with E-state index in [0.29, 0.717) is 31.4 Å². The molecule has 1 heterocycles. The van der Waals surface area contributed by atoms with Crippen LogP contribution in [0.15, 0.2) is 36.5 Å². The van der Waals surface area contributed by atoms with Crippen molar-refractivity contribution in [2.45, 2.75) is 31.7 Å². The second-order valence-electron chi connectivity index (χ2n) is 5.74. The minimum Gasteiger partial charge on any atom is -0.481 e. The highest BCUT2D eigenvalue weighted by molar-refractivity contribution is 6.05. The van der Waals surface area contributed by atoms with Crippen molar-refractivity contribution in [3.05, 3.63) is 42.2 Å². The van der Waals surface area contributed by atoms with Gasteiger partial charge in [0.05, 0.1) is 5.92 Å². The molecule has 0 radical (unpaired) electrons. The van der Waals surface area contributed by atoms with E-state index in [2.05, 4.69) is 10.3 Å². The standard InChI is InChI=1S/C17H18N2O3/c20-16(19-13-7-5-12(6-8-13)17(21)22)15-14-4-2-1-3-11(14)9-10-18-15/h1-4,9-10,12-13H,5-8H2,(H,19,20)(H,21,22). The number of pyridine rings is 1. The first kappa shape index (κ1) is 14.5. The molecule has 2 aromatic rings. The van der Waals surface area contributed by atoms with Gasteiger partial charge in [-0.05, 0) is 37.1 Å². The number of fused-ring (bicyclic) bond motifs is 1. The first-order chi connectivity index (χ1) is 10.6. The molecule has 0 spiro atoms. The quantitative estimate of drug-likeness (QED) is 0.913. The molecule has 0 atom stereocenters. The number of nitrogens with one attached hydrogen (secondary N) is 1. The highest BCUT2D eigenvalue weighted by atomic mass is 16.4. The van der Waals surface area contributed by atoms with E-state index < -0.39 is 5.97 Å². The molecule has 1 amide bonds. The van der Waals surface area contributed by atoms with Gasteiger partial charge in [0.2, 0.25) is 0 Å². The normalized spacial score (nSPS) is 21.5. The number of amides is 1. The molecule has 1 saturated carbocycles. The van der Waals surface area contributed by atoms with Crippen molar-refractivity contribution in [1.29, 1.82) is 0 Å². The van der Waals surface area contributed by atoms with E-state index in [1.165, 1.54) is 0 Å². The summed E-state index contributed by atoms with van der Waals surface area (Å²) in [7, 11) is 0. The molecule has 5 nitrogen and oxygen atoms in total. The maximum absolute atomic E-state index is 12.5. The molecule has 1 aromatic carbocycles. The summed E-state index contributed by atoms with van der Waals surface area (Å²) < 4.78 is 0. The lowest BCUT2D eigenvalue weighted by Gasteiger charge is -2.26. The summed E-state index contributed by atoms with van der Waals surface area (Å²) >= 11 is 0. The number of aliphatic carboxylic acids is 1. The van der Waals surface area contributed by atoms with Crippen LogP contribution >= 0.6 is 0 Å². The molecule has 1 aliphatic rings. The van der Waals surface area contributed by atoms with E-state index >= 15 is 0 Å². The van der Waals surface area contributed by atoms with Crippen LogP contribution in [0.25, 0.3) is 10.8 Å². The van der Waals surface area contributed by atoms with Crippen molar-refractivity contribution >= 4 is 22.6 Å². The number of carboxylic acid groups (broad SMARTS) is 1. The molecular formula is C17H18N2O3. The van der Waals surface area contributed by atoms with Crippen molar-refractivity contribution in [3.8, 4) is 0 Å². The minimum absolute atomic E-state index is 0.0314. The number of aromatic nitrogens is 1. The van der Waals surface area contributed by atoms with Crippen LogP contribution in [0.3, 0.4) is 0 Å². The fourth-order valence-electron chi connectivity index (χ4n) is 3.04. The monoisotopic (exact) mass is 298 g/mol. The van der Waals surface area contributed by atoms with Crippen LogP contribution in [-0.4, -0.2) is 28.0 Å². The first-order valence-electron chi connectivity index (χ1n) is 7.52. The lowest BCUT2D eigenvalue weighted by atomic mass is 9.86. The molecule has 3 rings (SSSR count). The average molecular weight is 298 g/mol. The van der Waals surface area contributed by atoms with E-state index in [1.807, 2.05) is 30.3 Å². The van der Waals surface area contributed by atoms with Crippen LogP contribution in [0.4, 0.5) is 0 Å². The van der Waals surface area contributed by atoms with Gasteiger partial charge in [0.25, 0.3) is 5.91 Å². The molecule has 1 aromatic heterocycles. The fraction of sp³-hybridized carbons (Fsp3) is 0.353. The Balaban J connectivity index is 1.71. The van der Waals surface area contributed by atoms with Gasteiger partial charge in [-0.3, -0.25) is 14.6 Å². The van der Waals surface area contributed by atoms with Gasteiger partial charge in [-0.1, -0.05) is 24.3 Å². The molecule has 0 unspecified atom stereocenters. The molecule has 0 aliphatic heterocycles. The Morgan fingerprint density at radius 2 is 1.82 bits per heavy atom. The van der Waals surface area contributed by atoms with Crippen LogP contribution < -0.4 is 5.32 Å². The number of hydrogen-bond acceptors (Lipinski definition) is 3. The molecule has 2 N–H and O–H groups in total. The van der Waals surface area contributed by atoms with Gasteiger partial charge >= 0.3 is 5.97 Å². The molecule has 5 heteroatoms. The summed E-state index contributed by atoms with van der Waals surface area (Å²) in [6.07, 6.45) is 4.27. The zero-order chi connectivity index (χ0) is 15.5. The third-order valence-electron chi connectivity index (χ3n) is 4.30. The summed E-state index contributed by atoms with van der Waals surface area (Å²) in [4.78, 5) is 27.6. The van der Waals surface area contributed by atoms with E-state index in [-0.39, 0.29) is 17.9 Å². The highest BCUT2D eigenvalue weighted by Gasteiger charge is 2.27. The minimum atomic E-state index is -0.736. The van der Waals surface area contributed by atoms with Crippen LogP contribution in [0.1, 0.15) is 36.2 Å². The van der Waals surface area contributed by atoms with E-state index in [9.17, 15) is 9.59 Å². The Bertz CT molecular complexity index is 701. The zero-order valence-electron chi connectivity index (χ0n) is 12.2. The van der Waals surface area contributed by atoms with Crippen LogP contribution in [0.2, 0.25) is 0 Å². The molecular weight excluding hydrogens is 280 g/mol. The predicted octanol–water partition coefficient (Wildman–Crippen LogP) is 2.61. The summed E-state index contributed by atoms with van der Waals surface area (Å²) in [6.45, 7) is 0. The molecule has 0 bridgehead atoms. The largest absolute Gasteiger partial charge is 0.481 e. The van der Waals surface area contributed by atoms with Crippen molar-refractivity contribution in [1.82, 2.24) is 10.3 Å².